The first-order chi connectivity index (χ1) is 37.5. The van der Waals surface area contributed by atoms with Gasteiger partial charge in [0.1, 0.15) is 18.9 Å². The number of amides is 1. The number of carbonyl (C=O) groups excluding carboxylic acids is 1. The van der Waals surface area contributed by atoms with Crippen molar-refractivity contribution in [1.29, 1.82) is 4.21 Å². The van der Waals surface area contributed by atoms with E-state index in [2.05, 4.69) is 151 Å². The Labute approximate surface area is 501 Å². The van der Waals surface area contributed by atoms with Crippen LogP contribution in [0.5, 0.6) is 0 Å². The summed E-state index contributed by atoms with van der Waals surface area (Å²) in [5, 5.41) is 21.2. The first-order valence-corrected chi connectivity index (χ1v) is 30.1. The van der Waals surface area contributed by atoms with Gasteiger partial charge in [-0.2, -0.15) is 0 Å². The van der Waals surface area contributed by atoms with Gasteiger partial charge >= 0.3 is 222 Å². The van der Waals surface area contributed by atoms with Crippen molar-refractivity contribution in [1.82, 2.24) is 24.4 Å². The van der Waals surface area contributed by atoms with Crippen LogP contribution in [0.25, 0.3) is 0 Å². The van der Waals surface area contributed by atoms with Gasteiger partial charge in [0.25, 0.3) is 5.56 Å². The number of ether oxygens (including phenoxy) is 4. The van der Waals surface area contributed by atoms with Crippen LogP contribution in [0.4, 0.5) is 0 Å². The number of nitrogens with one attached hydrogen (secondary N) is 4. The van der Waals surface area contributed by atoms with Gasteiger partial charge in [0.2, 0.25) is 0 Å². The molecule has 23 heteroatoms. The standard InChI is InChI=1S/C30H52N4O6.C16H35N.C12H16N2O7.HN.2V.H2/c1-16(2)19(6)21(8)23(10)30(11,22(9)20(7)17(3)4)33-26(35)15-38-24-12-27(40-25(24)14-39-31)34-13-18(5)28(36)32-29(34)37;1-10(2)12(5)14(7)16(9,17)15(8)13(6)11(3)4;1-6-3-14(12(19)13-11(6)18)9-2-7(8(4-15)21-9)20-5-10(16)17;;;;/h13,16-17,19-25,27H,12,14-15H2,1-11H3,(H,33,35)(H,32,36,37);10-15H,17H2,1-9H3;3,7-9,15H,2,4-5H2,1H3,(H,16,17)(H,13,18,19);1H;;;1H/i;;;;;;1+2. The minimum atomic E-state index is -1.13. The summed E-state index contributed by atoms with van der Waals surface area (Å²) >= 11 is 3.54. The molecule has 4 rings (SSSR count). The molecule has 2 aliphatic heterocycles. The van der Waals surface area contributed by atoms with E-state index in [0.717, 1.165) is 0 Å². The number of aromatic nitrogens is 4. The van der Waals surface area contributed by atoms with Crippen LogP contribution in [0.3, 0.4) is 0 Å². The molecule has 466 valence electrons. The fourth-order valence-electron chi connectivity index (χ4n) is 10.9. The summed E-state index contributed by atoms with van der Waals surface area (Å²) in [6, 6.07) is 0. The molecule has 0 aromatic carbocycles. The van der Waals surface area contributed by atoms with Crippen molar-refractivity contribution in [3.63, 3.8) is 0 Å². The fraction of sp³-hybridized carbons (Fsp3) is 0.828. The number of nitrogens with two attached hydrogens (primary N) is 1. The zero-order chi connectivity index (χ0) is 62.8. The number of carbonyl (C=O) groups is 2. The zero-order valence-corrected chi connectivity index (χ0v) is 55.4. The monoisotopic (exact) mass is 1230 g/mol. The van der Waals surface area contributed by atoms with E-state index in [0.29, 0.717) is 82.6 Å². The normalized spacial score (nSPS) is 23.8. The third-order valence-electron chi connectivity index (χ3n) is 19.1. The molecule has 1 amide bonds. The molecule has 2 aromatic rings. The van der Waals surface area contributed by atoms with Gasteiger partial charge < -0.3 is 25.4 Å². The third kappa shape index (κ3) is 21.4. The summed E-state index contributed by atoms with van der Waals surface area (Å²) in [5.41, 5.74) is 4.77. The molecule has 0 radical (unpaired) electrons. The Kier molecular flexibility index (Phi) is 32.4. The molecule has 0 aliphatic carbocycles. The second-order valence-corrected chi connectivity index (χ2v) is 25.2. The number of rotatable bonds is 26. The van der Waals surface area contributed by atoms with Crippen LogP contribution < -0.4 is 33.5 Å². The molecule has 8 N–H and O–H groups in total. The first kappa shape index (κ1) is 75.8. The van der Waals surface area contributed by atoms with E-state index in [1.54, 1.807) is 31.1 Å². The van der Waals surface area contributed by atoms with Crippen LogP contribution in [-0.2, 0) is 67.8 Å². The van der Waals surface area contributed by atoms with E-state index in [4.69, 9.17) is 38.8 Å². The van der Waals surface area contributed by atoms with Crippen molar-refractivity contribution >= 4 is 11.9 Å². The Morgan fingerprint density at radius 2 is 1.06 bits per heavy atom. The van der Waals surface area contributed by atoms with Crippen LogP contribution in [0.2, 0.25) is 0 Å². The summed E-state index contributed by atoms with van der Waals surface area (Å²) in [4.78, 5) is 81.2. The SMILES string of the molecule is CC(C)C(C)C(C)C(C)(N)C(C)C(C)C(C)C.Cc1cn(C2CC(OCC(=O)NC(C)(C(C)C(C)C(C)C)C(C)C(C)C(C)C(C)C)C(CO[N]=[V])O2)c(=O)[nH]c1=O.Cc1cn(C2CC(OCC(=O)O)C(CO)O2)c(=O)[nH]c1=O.[3HH].[NH]=[V]. The number of aliphatic hydroxyl groups is 1. The van der Waals surface area contributed by atoms with Crippen LogP contribution in [-0.4, -0.2) is 103 Å². The molecule has 2 aliphatic rings. The van der Waals surface area contributed by atoms with Crippen molar-refractivity contribution in [2.24, 2.45) is 86.6 Å². The molecule has 21 nitrogen and oxygen atoms in total. The maximum absolute atomic E-state index is 13.5. The number of carboxylic acid groups (broad SMARTS) is 1. The van der Waals surface area contributed by atoms with E-state index >= 15 is 0 Å². The number of hydrogen-bond donors (Lipinski definition) is 7. The number of nitrogens with zero attached hydrogens (tertiary/aromatic N) is 3. The number of aliphatic hydroxyl groups excluding tert-OH is 1. The predicted octanol–water partition coefficient (Wildman–Crippen LogP) is 8.24. The Balaban J connectivity index is 0.00000133. The van der Waals surface area contributed by atoms with E-state index in [1.807, 2.05) is 17.2 Å². The Morgan fingerprint density at radius 3 is 1.44 bits per heavy atom. The molecule has 0 bridgehead atoms. The van der Waals surface area contributed by atoms with Gasteiger partial charge in [-0.05, 0) is 67.1 Å². The average molecular weight is 1230 g/mol. The van der Waals surface area contributed by atoms with Gasteiger partial charge in [-0.25, -0.2) is 9.59 Å². The third-order valence-corrected chi connectivity index (χ3v) is 19.2. The van der Waals surface area contributed by atoms with Crippen LogP contribution >= 0.6 is 0 Å². The summed E-state index contributed by atoms with van der Waals surface area (Å²) in [7, 11) is 0. The molecule has 4 heterocycles. The van der Waals surface area contributed by atoms with Gasteiger partial charge in [0, 0.05) is 25.1 Å². The number of carboxylic acids is 1. The van der Waals surface area contributed by atoms with Gasteiger partial charge in [0.15, 0.2) is 0 Å². The summed E-state index contributed by atoms with van der Waals surface area (Å²) in [6.07, 6.45) is -0.517. The number of aliphatic carboxylic acids is 1. The molecular weight excluding hydrogens is 1120 g/mol. The molecule has 2 fully saturated rings. The zero-order valence-electron chi connectivity index (χ0n) is 52.6. The molecule has 16 unspecified atom stereocenters. The second kappa shape index (κ2) is 34.7. The molecule has 0 saturated carbocycles. The number of aromatic amines is 2. The molecule has 2 saturated heterocycles. The Bertz CT molecular complexity index is 2490. The van der Waals surface area contributed by atoms with Crippen molar-refractivity contribution in [3.05, 3.63) is 65.2 Å². The van der Waals surface area contributed by atoms with Gasteiger partial charge in [-0.3, -0.25) is 14.3 Å². The van der Waals surface area contributed by atoms with Crippen LogP contribution in [0.15, 0.2) is 35.5 Å². The number of H-pyrrole nitrogens is 2. The van der Waals surface area contributed by atoms with E-state index in [9.17, 15) is 33.9 Å². The van der Waals surface area contributed by atoms with Crippen molar-refractivity contribution in [3.8, 4) is 0 Å². The molecule has 16 atom stereocenters. The minimum absolute atomic E-state index is 0. The van der Waals surface area contributed by atoms with Gasteiger partial charge in [0.05, 0.1) is 12.7 Å². The van der Waals surface area contributed by atoms with E-state index in [1.165, 1.54) is 21.5 Å². The van der Waals surface area contributed by atoms with Crippen LogP contribution in [0, 0.1) is 95.0 Å². The van der Waals surface area contributed by atoms with E-state index in [-0.39, 0.29) is 51.0 Å². The van der Waals surface area contributed by atoms with Gasteiger partial charge in [-0.15, -0.1) is 0 Å². The topological polar surface area (TPSA) is 305 Å². The summed E-state index contributed by atoms with van der Waals surface area (Å²) < 4.78 is 34.7. The molecular formula is C58H106N8O13V2. The first-order valence-electron chi connectivity index (χ1n) is 28.8. The maximum atomic E-state index is 13.5. The number of aryl methyl sites for hydroxylation is 2. The Hall–Kier alpha value is -3.21. The summed E-state index contributed by atoms with van der Waals surface area (Å²) in [5.74, 6) is 5.28. The van der Waals surface area contributed by atoms with Gasteiger partial charge in [-0.1, -0.05) is 104 Å². The average Bonchev–Trinajstić information content (AvgIpc) is 4.08. The Morgan fingerprint density at radius 1 is 0.691 bits per heavy atom. The predicted molar refractivity (Wildman–Crippen MR) is 308 cm³/mol. The van der Waals surface area contributed by atoms with Crippen molar-refractivity contribution in [2.75, 3.05) is 26.4 Å². The second-order valence-electron chi connectivity index (χ2n) is 25.0. The molecule has 0 spiro atoms. The quantitative estimate of drug-likeness (QED) is 0.0437. The van der Waals surface area contributed by atoms with Crippen LogP contribution in [0.1, 0.15) is 169 Å². The number of hydrogen-bond acceptors (Lipinski definition) is 15. The van der Waals surface area contributed by atoms with Crippen molar-refractivity contribution in [2.45, 2.75) is 206 Å². The van der Waals surface area contributed by atoms with E-state index < -0.39 is 77.5 Å². The fourth-order valence-corrected chi connectivity index (χ4v) is 11.0. The summed E-state index contributed by atoms with van der Waals surface area (Å²) in [6.45, 7) is 45.5. The van der Waals surface area contributed by atoms with Crippen molar-refractivity contribution < 1.29 is 79.5 Å². The molecule has 2 aromatic heterocycles. The molecule has 81 heavy (non-hydrogen) atoms.